The second-order valence-electron chi connectivity index (χ2n) is 7.17. The molecule has 0 N–H and O–H groups in total. The number of rotatable bonds is 5. The minimum atomic E-state index is -0.230. The Morgan fingerprint density at radius 2 is 1.60 bits per heavy atom. The molecule has 30 heavy (non-hydrogen) atoms. The van der Waals surface area contributed by atoms with Gasteiger partial charge in [-0.1, -0.05) is 30.3 Å². The van der Waals surface area contributed by atoms with E-state index in [9.17, 15) is 4.39 Å². The molecule has 0 radical (unpaired) electrons. The van der Waals surface area contributed by atoms with Gasteiger partial charge in [0.1, 0.15) is 23.0 Å². The highest BCUT2D eigenvalue weighted by Gasteiger charge is 2.20. The van der Waals surface area contributed by atoms with Crippen molar-refractivity contribution in [2.24, 2.45) is 0 Å². The Kier molecular flexibility index (Phi) is 4.64. The summed E-state index contributed by atoms with van der Waals surface area (Å²) in [6, 6.07) is 22.7. The van der Waals surface area contributed by atoms with Crippen molar-refractivity contribution < 1.29 is 9.13 Å². The molecule has 0 saturated heterocycles. The van der Waals surface area contributed by atoms with E-state index < -0.39 is 0 Å². The lowest BCUT2D eigenvalue weighted by atomic mass is 10.0. The number of nitrogens with zero attached hydrogens (tertiary/aromatic N) is 3. The van der Waals surface area contributed by atoms with Crippen LogP contribution in [-0.4, -0.2) is 21.4 Å². The average Bonchev–Trinajstić information content (AvgIpc) is 3.20. The van der Waals surface area contributed by atoms with Gasteiger partial charge >= 0.3 is 0 Å². The molecule has 5 rings (SSSR count). The van der Waals surface area contributed by atoms with E-state index in [0.29, 0.717) is 13.2 Å². The predicted molar refractivity (Wildman–Crippen MR) is 116 cm³/mol. The first-order chi connectivity index (χ1) is 14.7. The summed E-state index contributed by atoms with van der Waals surface area (Å²) in [6.45, 7) is 3.23. The van der Waals surface area contributed by atoms with E-state index in [1.165, 1.54) is 12.1 Å². The monoisotopic (exact) mass is 397 g/mol. The third-order valence-corrected chi connectivity index (χ3v) is 5.22. The number of hydrogen-bond donors (Lipinski definition) is 0. The molecule has 0 bridgehead atoms. The fourth-order valence-corrected chi connectivity index (χ4v) is 3.80. The molecule has 0 amide bonds. The summed E-state index contributed by atoms with van der Waals surface area (Å²) in [5.74, 6) is 0.605. The van der Waals surface area contributed by atoms with E-state index in [1.807, 2.05) is 55.5 Å². The summed E-state index contributed by atoms with van der Waals surface area (Å²) in [5, 5.41) is 10.0. The quantitative estimate of drug-likeness (QED) is 0.377. The lowest BCUT2D eigenvalue weighted by Crippen LogP contribution is -2.04. The van der Waals surface area contributed by atoms with Crippen LogP contribution in [0.5, 0.6) is 5.75 Å². The normalized spacial score (nSPS) is 11.3. The molecule has 0 unspecified atom stereocenters. The van der Waals surface area contributed by atoms with Crippen LogP contribution < -0.4 is 4.74 Å². The van der Waals surface area contributed by atoms with Crippen molar-refractivity contribution in [3.05, 3.63) is 90.4 Å². The van der Waals surface area contributed by atoms with Gasteiger partial charge in [-0.15, -0.1) is 10.2 Å². The highest BCUT2D eigenvalue weighted by atomic mass is 19.1. The van der Waals surface area contributed by atoms with Crippen molar-refractivity contribution in [2.75, 3.05) is 6.61 Å². The van der Waals surface area contributed by atoms with Crippen LogP contribution in [-0.2, 0) is 6.54 Å². The molecule has 0 spiro atoms. The van der Waals surface area contributed by atoms with Crippen LogP contribution in [0.3, 0.4) is 0 Å². The number of benzene rings is 3. The number of aromatic nitrogens is 3. The molecular weight excluding hydrogens is 377 g/mol. The molecule has 0 aliphatic carbocycles. The molecule has 0 saturated carbocycles. The topological polar surface area (TPSA) is 39.9 Å². The Morgan fingerprint density at radius 1 is 0.867 bits per heavy atom. The number of fused-ring (bicyclic) bond motifs is 3. The lowest BCUT2D eigenvalue weighted by Gasteiger charge is -2.15. The van der Waals surface area contributed by atoms with Gasteiger partial charge in [0.15, 0.2) is 0 Å². The van der Waals surface area contributed by atoms with Gasteiger partial charge in [-0.05, 0) is 55.0 Å². The maximum absolute atomic E-state index is 13.3. The Labute approximate surface area is 173 Å². The zero-order valence-corrected chi connectivity index (χ0v) is 16.5. The van der Waals surface area contributed by atoms with Crippen molar-refractivity contribution >= 4 is 10.9 Å². The third-order valence-electron chi connectivity index (χ3n) is 5.22. The highest BCUT2D eigenvalue weighted by Crippen LogP contribution is 2.37. The first-order valence-corrected chi connectivity index (χ1v) is 9.95. The van der Waals surface area contributed by atoms with Crippen molar-refractivity contribution in [1.82, 2.24) is 14.8 Å². The fourth-order valence-electron chi connectivity index (χ4n) is 3.80. The van der Waals surface area contributed by atoms with Crippen molar-refractivity contribution in [3.63, 3.8) is 0 Å². The standard InChI is InChI=1S/C25H20FN3O/c1-2-30-20-13-9-18(10-14-20)24-22-16-29(15-17-7-11-19(26)12-8-17)23-6-4-3-5-21(23)25(22)28-27-24/h3-14,16H,2,15H2,1H3. The Balaban J connectivity index is 1.64. The second kappa shape index (κ2) is 7.59. The highest BCUT2D eigenvalue weighted by molar-refractivity contribution is 5.98. The van der Waals surface area contributed by atoms with Crippen LogP contribution in [0.1, 0.15) is 12.5 Å². The second-order valence-corrected chi connectivity index (χ2v) is 7.17. The molecule has 0 aromatic heterocycles. The first kappa shape index (κ1) is 18.3. The Morgan fingerprint density at radius 3 is 2.37 bits per heavy atom. The average molecular weight is 397 g/mol. The summed E-state index contributed by atoms with van der Waals surface area (Å²) in [7, 11) is 0. The largest absolute Gasteiger partial charge is 0.494 e. The van der Waals surface area contributed by atoms with E-state index >= 15 is 0 Å². The van der Waals surface area contributed by atoms with Gasteiger partial charge in [0.05, 0.1) is 12.1 Å². The molecular formula is C25H20FN3O. The molecule has 0 fully saturated rings. The van der Waals surface area contributed by atoms with E-state index in [0.717, 1.165) is 44.7 Å². The summed E-state index contributed by atoms with van der Waals surface area (Å²) in [5.41, 5.74) is 5.79. The third kappa shape index (κ3) is 3.28. The minimum absolute atomic E-state index is 0.230. The van der Waals surface area contributed by atoms with E-state index in [2.05, 4.69) is 33.1 Å². The van der Waals surface area contributed by atoms with Gasteiger partial charge in [-0.25, -0.2) is 4.39 Å². The van der Waals surface area contributed by atoms with Crippen LogP contribution in [0.15, 0.2) is 79.0 Å². The Hall–Kier alpha value is -3.73. The van der Waals surface area contributed by atoms with E-state index in [-0.39, 0.29) is 5.82 Å². The molecule has 0 atom stereocenters. The predicted octanol–water partition coefficient (Wildman–Crippen LogP) is 5.79. The molecule has 3 aromatic rings. The molecule has 5 heteroatoms. The zero-order chi connectivity index (χ0) is 20.5. The summed E-state index contributed by atoms with van der Waals surface area (Å²) in [4.78, 5) is 0. The van der Waals surface area contributed by atoms with Crippen molar-refractivity contribution in [3.8, 4) is 28.3 Å². The Bertz CT molecular complexity index is 1280. The number of hydrogen-bond acceptors (Lipinski definition) is 3. The maximum atomic E-state index is 13.3. The van der Waals surface area contributed by atoms with Gasteiger partial charge in [0, 0.05) is 29.3 Å². The SMILES string of the molecule is CCOc1ccc(-c2nnc3c4ccccc4n(Cc4ccc(F)cc4)cc2-3)cc1. The number of para-hydroxylation sites is 1. The van der Waals surface area contributed by atoms with Crippen molar-refractivity contribution in [2.45, 2.75) is 13.5 Å². The van der Waals surface area contributed by atoms with E-state index in [1.54, 1.807) is 0 Å². The van der Waals surface area contributed by atoms with Crippen LogP contribution in [0.25, 0.3) is 33.4 Å². The van der Waals surface area contributed by atoms with Gasteiger partial charge in [-0.3, -0.25) is 0 Å². The molecule has 148 valence electrons. The fraction of sp³-hybridized carbons (Fsp3) is 0.120. The van der Waals surface area contributed by atoms with Crippen LogP contribution in [0.2, 0.25) is 0 Å². The van der Waals surface area contributed by atoms with Crippen molar-refractivity contribution in [1.29, 1.82) is 0 Å². The summed E-state index contributed by atoms with van der Waals surface area (Å²) < 4.78 is 21.1. The molecule has 2 aliphatic heterocycles. The van der Waals surface area contributed by atoms with Gasteiger partial charge in [0.2, 0.25) is 0 Å². The summed E-state index contributed by atoms with van der Waals surface area (Å²) in [6.07, 6.45) is 2.09. The molecule has 3 aromatic carbocycles. The lowest BCUT2D eigenvalue weighted by molar-refractivity contribution is 0.340. The van der Waals surface area contributed by atoms with Crippen LogP contribution in [0.4, 0.5) is 4.39 Å². The van der Waals surface area contributed by atoms with Crippen LogP contribution >= 0.6 is 0 Å². The smallest absolute Gasteiger partial charge is 0.123 e. The zero-order valence-electron chi connectivity index (χ0n) is 16.5. The van der Waals surface area contributed by atoms with Gasteiger partial charge in [0.25, 0.3) is 0 Å². The number of ether oxygens (including phenoxy) is 1. The molecule has 4 nitrogen and oxygen atoms in total. The number of pyridine rings is 1. The summed E-state index contributed by atoms with van der Waals surface area (Å²) >= 11 is 0. The van der Waals surface area contributed by atoms with Gasteiger partial charge in [-0.2, -0.15) is 0 Å². The van der Waals surface area contributed by atoms with Gasteiger partial charge < -0.3 is 9.30 Å². The minimum Gasteiger partial charge on any atom is -0.494 e. The van der Waals surface area contributed by atoms with E-state index in [4.69, 9.17) is 4.74 Å². The van der Waals surface area contributed by atoms with Crippen LogP contribution in [0, 0.1) is 5.82 Å². The first-order valence-electron chi connectivity index (χ1n) is 9.95. The maximum Gasteiger partial charge on any atom is 0.123 e. The molecule has 2 heterocycles. The molecule has 2 aliphatic rings. The number of halogens is 1.